The minimum Gasteiger partial charge on any atom is -0.332 e. The number of hydrogen-bond acceptors (Lipinski definition) is 2. The topological polar surface area (TPSA) is 41.9 Å². The number of nitrogens with zero attached hydrogens (tertiary/aromatic N) is 2. The molecule has 0 amide bonds. The molecule has 0 aliphatic heterocycles. The number of benzene rings is 2. The van der Waals surface area contributed by atoms with Gasteiger partial charge in [0, 0.05) is 10.7 Å². The fourth-order valence-electron chi connectivity index (χ4n) is 2.85. The average Bonchev–Trinajstić information content (AvgIpc) is 2.89. The van der Waals surface area contributed by atoms with E-state index in [0.717, 1.165) is 33.9 Å². The highest BCUT2D eigenvalue weighted by Crippen LogP contribution is 2.26. The van der Waals surface area contributed by atoms with Gasteiger partial charge in [-0.1, -0.05) is 46.9 Å². The van der Waals surface area contributed by atoms with Crippen LogP contribution in [0.1, 0.15) is 22.5 Å². The van der Waals surface area contributed by atoms with Gasteiger partial charge in [0.05, 0.1) is 33.7 Å². The Kier molecular flexibility index (Phi) is 6.50. The number of anilines is 2. The Balaban J connectivity index is 1.76. The van der Waals surface area contributed by atoms with Crippen LogP contribution in [-0.2, 0) is 6.54 Å². The molecule has 3 rings (SSSR count). The highest BCUT2D eigenvalue weighted by atomic mass is 35.5. The van der Waals surface area contributed by atoms with E-state index in [4.69, 9.17) is 47.0 Å². The molecule has 1 aromatic heterocycles. The van der Waals surface area contributed by atoms with Crippen molar-refractivity contribution in [2.75, 3.05) is 10.6 Å². The van der Waals surface area contributed by atoms with Crippen LogP contribution in [0.25, 0.3) is 0 Å². The summed E-state index contributed by atoms with van der Waals surface area (Å²) in [5.41, 5.74) is 5.51. The van der Waals surface area contributed by atoms with Crippen molar-refractivity contribution in [2.45, 2.75) is 27.3 Å². The maximum atomic E-state index is 6.17. The zero-order chi connectivity index (χ0) is 20.4. The van der Waals surface area contributed by atoms with E-state index in [1.807, 2.05) is 55.8 Å². The lowest BCUT2D eigenvalue weighted by atomic mass is 10.2. The molecule has 4 nitrogen and oxygen atoms in total. The van der Waals surface area contributed by atoms with Crippen molar-refractivity contribution in [1.82, 2.24) is 9.78 Å². The molecule has 0 aliphatic carbocycles. The zero-order valence-electron chi connectivity index (χ0n) is 15.6. The Morgan fingerprint density at radius 1 is 1.00 bits per heavy atom. The van der Waals surface area contributed by atoms with E-state index in [0.29, 0.717) is 26.7 Å². The van der Waals surface area contributed by atoms with Gasteiger partial charge in [0.25, 0.3) is 0 Å². The molecule has 3 aromatic rings. The maximum absolute atomic E-state index is 6.17. The Labute approximate surface area is 184 Å². The van der Waals surface area contributed by atoms with E-state index in [1.54, 1.807) is 6.07 Å². The van der Waals surface area contributed by atoms with Gasteiger partial charge in [-0.15, -0.1) is 0 Å². The smallest absolute Gasteiger partial charge is 0.175 e. The summed E-state index contributed by atoms with van der Waals surface area (Å²) in [5, 5.41) is 13.3. The van der Waals surface area contributed by atoms with Crippen LogP contribution in [0.2, 0.25) is 15.1 Å². The van der Waals surface area contributed by atoms with Crippen molar-refractivity contribution >= 4 is 63.5 Å². The van der Waals surface area contributed by atoms with Crippen molar-refractivity contribution < 1.29 is 0 Å². The van der Waals surface area contributed by atoms with E-state index in [-0.39, 0.29) is 0 Å². The standard InChI is InChI=1S/C20H19Cl3N4S/c1-11-15(21)5-4-6-18(11)24-20(28)25-19-12(2)26-27(13(19)3)10-14-7-8-16(22)17(23)9-14/h4-9H,10H2,1-3H3,(H2,24,25,28). The first kappa shape index (κ1) is 20.9. The minimum atomic E-state index is 0.477. The summed E-state index contributed by atoms with van der Waals surface area (Å²) >= 11 is 23.8. The van der Waals surface area contributed by atoms with Crippen LogP contribution in [0.3, 0.4) is 0 Å². The molecule has 0 bridgehead atoms. The van der Waals surface area contributed by atoms with Crippen molar-refractivity contribution in [3.8, 4) is 0 Å². The maximum Gasteiger partial charge on any atom is 0.175 e. The van der Waals surface area contributed by atoms with Gasteiger partial charge >= 0.3 is 0 Å². The lowest BCUT2D eigenvalue weighted by Gasteiger charge is -2.13. The molecule has 0 saturated carbocycles. The van der Waals surface area contributed by atoms with Gasteiger partial charge in [0.2, 0.25) is 0 Å². The average molecular weight is 454 g/mol. The molecule has 0 atom stereocenters. The van der Waals surface area contributed by atoms with E-state index in [9.17, 15) is 0 Å². The number of thiocarbonyl (C=S) groups is 1. The van der Waals surface area contributed by atoms with Crippen molar-refractivity contribution in [3.05, 3.63) is 74.0 Å². The first-order valence-electron chi connectivity index (χ1n) is 8.57. The molecule has 0 spiro atoms. The number of aryl methyl sites for hydroxylation is 1. The van der Waals surface area contributed by atoms with E-state index >= 15 is 0 Å². The fourth-order valence-corrected chi connectivity index (χ4v) is 3.56. The van der Waals surface area contributed by atoms with Gasteiger partial charge in [-0.25, -0.2) is 0 Å². The minimum absolute atomic E-state index is 0.477. The molecule has 2 aromatic carbocycles. The second kappa shape index (κ2) is 8.70. The third-order valence-corrected chi connectivity index (χ3v) is 5.80. The molecule has 0 aliphatic rings. The predicted octanol–water partition coefficient (Wildman–Crippen LogP) is 6.63. The first-order chi connectivity index (χ1) is 13.3. The van der Waals surface area contributed by atoms with Gasteiger partial charge in [0.15, 0.2) is 5.11 Å². The number of halogens is 3. The number of nitrogens with one attached hydrogen (secondary N) is 2. The highest BCUT2D eigenvalue weighted by Gasteiger charge is 2.14. The summed E-state index contributed by atoms with van der Waals surface area (Å²) < 4.78 is 1.91. The Hall–Kier alpha value is -1.79. The fraction of sp³-hybridized carbons (Fsp3) is 0.200. The Morgan fingerprint density at radius 3 is 2.46 bits per heavy atom. The zero-order valence-corrected chi connectivity index (χ0v) is 18.7. The van der Waals surface area contributed by atoms with Crippen molar-refractivity contribution in [2.24, 2.45) is 0 Å². The van der Waals surface area contributed by atoms with Gasteiger partial charge in [-0.3, -0.25) is 4.68 Å². The predicted molar refractivity (Wildman–Crippen MR) is 123 cm³/mol. The second-order valence-electron chi connectivity index (χ2n) is 6.44. The molecular weight excluding hydrogens is 435 g/mol. The summed E-state index contributed by atoms with van der Waals surface area (Å²) in [6.07, 6.45) is 0. The Bertz CT molecular complexity index is 1050. The largest absolute Gasteiger partial charge is 0.332 e. The van der Waals surface area contributed by atoms with Crippen molar-refractivity contribution in [3.63, 3.8) is 0 Å². The quantitative estimate of drug-likeness (QED) is 0.435. The molecular formula is C20H19Cl3N4S. The summed E-state index contributed by atoms with van der Waals surface area (Å²) in [6.45, 7) is 6.46. The number of rotatable bonds is 4. The van der Waals surface area contributed by atoms with Crippen LogP contribution in [0.15, 0.2) is 36.4 Å². The second-order valence-corrected chi connectivity index (χ2v) is 8.07. The molecule has 0 fully saturated rings. The van der Waals surface area contributed by atoms with E-state index < -0.39 is 0 Å². The molecule has 146 valence electrons. The van der Waals surface area contributed by atoms with E-state index in [2.05, 4.69) is 15.7 Å². The monoisotopic (exact) mass is 452 g/mol. The highest BCUT2D eigenvalue weighted by molar-refractivity contribution is 7.80. The van der Waals surface area contributed by atoms with Crippen molar-refractivity contribution in [1.29, 1.82) is 0 Å². The van der Waals surface area contributed by atoms with Crippen LogP contribution in [0.5, 0.6) is 0 Å². The van der Waals surface area contributed by atoms with Gasteiger partial charge in [-0.2, -0.15) is 5.10 Å². The normalized spacial score (nSPS) is 10.8. The molecule has 1 heterocycles. The van der Waals surface area contributed by atoms with Gasteiger partial charge < -0.3 is 10.6 Å². The first-order valence-corrected chi connectivity index (χ1v) is 10.1. The summed E-state index contributed by atoms with van der Waals surface area (Å²) in [5.74, 6) is 0. The molecule has 2 N–H and O–H groups in total. The molecule has 28 heavy (non-hydrogen) atoms. The third kappa shape index (κ3) is 4.61. The lowest BCUT2D eigenvalue weighted by Crippen LogP contribution is -2.20. The van der Waals surface area contributed by atoms with Crippen LogP contribution in [0.4, 0.5) is 11.4 Å². The summed E-state index contributed by atoms with van der Waals surface area (Å²) in [6, 6.07) is 11.2. The lowest BCUT2D eigenvalue weighted by molar-refractivity contribution is 0.659. The number of aromatic nitrogens is 2. The molecule has 0 saturated heterocycles. The van der Waals surface area contributed by atoms with E-state index in [1.165, 1.54) is 0 Å². The van der Waals surface area contributed by atoms with Gasteiger partial charge in [0.1, 0.15) is 0 Å². The number of hydrogen-bond donors (Lipinski definition) is 2. The van der Waals surface area contributed by atoms with Crippen LogP contribution >= 0.6 is 47.0 Å². The van der Waals surface area contributed by atoms with Gasteiger partial charge in [-0.05, 0) is 68.4 Å². The molecule has 0 radical (unpaired) electrons. The SMILES string of the molecule is Cc1nn(Cc2ccc(Cl)c(Cl)c2)c(C)c1NC(=S)Nc1cccc(Cl)c1C. The van der Waals surface area contributed by atoms with Crippen LogP contribution in [-0.4, -0.2) is 14.9 Å². The van der Waals surface area contributed by atoms with Crippen LogP contribution < -0.4 is 10.6 Å². The Morgan fingerprint density at radius 2 is 1.75 bits per heavy atom. The molecule has 0 unspecified atom stereocenters. The third-order valence-electron chi connectivity index (χ3n) is 4.45. The van der Waals surface area contributed by atoms with Crippen LogP contribution in [0, 0.1) is 20.8 Å². The molecule has 8 heteroatoms. The summed E-state index contributed by atoms with van der Waals surface area (Å²) in [4.78, 5) is 0. The summed E-state index contributed by atoms with van der Waals surface area (Å²) in [7, 11) is 0.